The molecule has 0 aliphatic rings. The summed E-state index contributed by atoms with van der Waals surface area (Å²) < 4.78 is 17.9. The third-order valence-corrected chi connectivity index (χ3v) is 22.0. The van der Waals surface area contributed by atoms with Crippen LogP contribution < -0.4 is 0 Å². The number of benzene rings is 13. The Morgan fingerprint density at radius 3 is 1.02 bits per heavy atom. The maximum absolute atomic E-state index is 6.73. The van der Waals surface area contributed by atoms with E-state index < -0.39 is 0 Å². The van der Waals surface area contributed by atoms with E-state index in [1.807, 2.05) is 188 Å². The quantitative estimate of drug-likeness (QED) is 0.114. The van der Waals surface area contributed by atoms with Crippen LogP contribution in [0.2, 0.25) is 0 Å². The average Bonchev–Trinajstić information content (AvgIpc) is 1.60. The average molecular weight is 1390 g/mol. The molecule has 0 aliphatic carbocycles. The van der Waals surface area contributed by atoms with Gasteiger partial charge in [-0.3, -0.25) is 0 Å². The van der Waals surface area contributed by atoms with Crippen molar-refractivity contribution >= 4 is 107 Å². The molecule has 14 heteroatoms. The minimum absolute atomic E-state index is 0.567. The molecule has 8 aromatic heterocycles. The first kappa shape index (κ1) is 60.8. The Hall–Kier alpha value is -13.9. The zero-order chi connectivity index (χ0) is 69.8. The van der Waals surface area contributed by atoms with Gasteiger partial charge in [-0.1, -0.05) is 255 Å². The van der Waals surface area contributed by atoms with E-state index in [4.69, 9.17) is 58.7 Å². The highest BCUT2D eigenvalue weighted by Crippen LogP contribution is 2.49. The summed E-state index contributed by atoms with van der Waals surface area (Å²) in [6.07, 6.45) is 0. The lowest BCUT2D eigenvalue weighted by Crippen LogP contribution is -2.00. The van der Waals surface area contributed by atoms with Crippen molar-refractivity contribution in [1.29, 1.82) is 0 Å². The van der Waals surface area contributed by atoms with Gasteiger partial charge in [0.05, 0.1) is 0 Å². The number of aromatic nitrogens is 10. The highest BCUT2D eigenvalue weighted by Gasteiger charge is 2.26. The molecule has 8 heterocycles. The summed E-state index contributed by atoms with van der Waals surface area (Å²) in [7, 11) is 0. The summed E-state index contributed by atoms with van der Waals surface area (Å²) in [5, 5.41) is 6.02. The molecule has 106 heavy (non-hydrogen) atoms. The molecule has 12 nitrogen and oxygen atoms in total. The van der Waals surface area contributed by atoms with Gasteiger partial charge in [0, 0.05) is 107 Å². The van der Waals surface area contributed by atoms with E-state index in [9.17, 15) is 0 Å². The Kier molecular flexibility index (Phi) is 14.3. The second-order valence-electron chi connectivity index (χ2n) is 26.1. The smallest absolute Gasteiger partial charge is 0.180 e. The van der Waals surface area contributed by atoms with E-state index in [0.717, 1.165) is 151 Å². The van der Waals surface area contributed by atoms with Gasteiger partial charge in [-0.2, -0.15) is 0 Å². The Balaban J connectivity index is 0.667. The number of hydrogen-bond donors (Lipinski definition) is 0. The Morgan fingerprint density at radius 1 is 0.208 bits per heavy atom. The van der Waals surface area contributed by atoms with Gasteiger partial charge in [0.2, 0.25) is 0 Å². The van der Waals surface area contributed by atoms with E-state index in [-0.39, 0.29) is 0 Å². The predicted molar refractivity (Wildman–Crippen MR) is 430 cm³/mol. The van der Waals surface area contributed by atoms with Crippen LogP contribution in [0.25, 0.3) is 220 Å². The van der Waals surface area contributed by atoms with Crippen LogP contribution in [0.1, 0.15) is 0 Å². The lowest BCUT2D eigenvalue weighted by molar-refractivity contribution is 0.667. The molecule has 0 unspecified atom stereocenters. The van der Waals surface area contributed by atoms with E-state index >= 15 is 0 Å². The molecule has 0 spiro atoms. The van der Waals surface area contributed by atoms with Gasteiger partial charge in [-0.05, 0) is 82.9 Å². The number of rotatable bonds is 12. The predicted octanol–water partition coefficient (Wildman–Crippen LogP) is 24.2. The van der Waals surface area contributed by atoms with Crippen LogP contribution >= 0.6 is 22.7 Å². The number of para-hydroxylation sites is 2. The third kappa shape index (κ3) is 10.5. The fourth-order valence-electron chi connectivity index (χ4n) is 14.5. The molecule has 0 amide bonds. The maximum atomic E-state index is 6.73. The lowest BCUT2D eigenvalue weighted by Gasteiger charge is -2.12. The van der Waals surface area contributed by atoms with Crippen molar-refractivity contribution in [3.05, 3.63) is 315 Å². The van der Waals surface area contributed by atoms with Crippen molar-refractivity contribution < 1.29 is 8.83 Å². The standard InChI is InChI=1S/C92H52N10O2S2/c1-6-21-56(22-7-1)85-93-79(83-80(95-85)65-31-16-18-34-71(65)104-83)63-46-50-74-70(52-63)77-68(92-101-89(59-27-12-4-13-28-59)98-90(102-92)60-29-14-5-15-30-60)48-47-64(84(77)106-74)55-41-37-53(38-42-55)54-39-43-61(44-40-54)86-94-78(82-81(96-86)66-32-17-19-35-72(66)103-82)62-45-49-73-69(51-62)76-67(33-20-36-75(76)105-73)91-99-87(57-23-8-2-9-24-57)97-88(100-91)58-25-10-3-11-26-58/h1-52H. The normalized spacial score (nSPS) is 11.8. The first-order valence-corrected chi connectivity index (χ1v) is 36.5. The summed E-state index contributed by atoms with van der Waals surface area (Å²) >= 11 is 3.50. The summed E-state index contributed by atoms with van der Waals surface area (Å²) in [6.45, 7) is 0. The SMILES string of the molecule is c1ccc(-c2nc(-c3ccccc3)nc(-c3cccc4sc5ccc(-c6nc(-c7ccc(-c8ccc(-c9ccc(-c%10nc(-c%11ccccc%11)nc(-c%11ccccc%11)n%10)c%10c9sc9ccc(-c%11nc(-c%12ccccc%12)nc%12c%11oc%11ccccc%11%12)cc9%10)cc8)cc7)nc7c6oc6ccccc67)cc5c34)n2)cc1. The van der Waals surface area contributed by atoms with E-state index in [2.05, 4.69) is 127 Å². The second-order valence-corrected chi connectivity index (χ2v) is 28.2. The molecule has 0 aliphatic heterocycles. The molecule has 494 valence electrons. The van der Waals surface area contributed by atoms with Gasteiger partial charge in [0.25, 0.3) is 0 Å². The second kappa shape index (κ2) is 25.0. The molecule has 0 radical (unpaired) electrons. The first-order valence-electron chi connectivity index (χ1n) is 34.8. The summed E-state index contributed by atoms with van der Waals surface area (Å²) in [4.78, 5) is 52.3. The van der Waals surface area contributed by atoms with Crippen LogP contribution in [-0.4, -0.2) is 49.8 Å². The molecule has 0 N–H and O–H groups in total. The lowest BCUT2D eigenvalue weighted by atomic mass is 9.95. The molecule has 13 aromatic carbocycles. The minimum Gasteiger partial charge on any atom is -0.452 e. The van der Waals surface area contributed by atoms with Crippen LogP contribution in [0.3, 0.4) is 0 Å². The molecule has 0 bridgehead atoms. The zero-order valence-electron chi connectivity index (χ0n) is 56.1. The Labute approximate surface area is 613 Å². The number of fused-ring (bicyclic) bond motifs is 12. The molecule has 0 saturated carbocycles. The van der Waals surface area contributed by atoms with Crippen molar-refractivity contribution in [1.82, 2.24) is 49.8 Å². The Bertz CT molecular complexity index is 6940. The van der Waals surface area contributed by atoms with Crippen LogP contribution in [0.5, 0.6) is 0 Å². The summed E-state index contributed by atoms with van der Waals surface area (Å²) in [5.74, 6) is 4.75. The highest BCUT2D eigenvalue weighted by molar-refractivity contribution is 7.26. The van der Waals surface area contributed by atoms with E-state index in [1.165, 1.54) is 0 Å². The van der Waals surface area contributed by atoms with Crippen LogP contribution in [0.15, 0.2) is 324 Å². The van der Waals surface area contributed by atoms with Crippen molar-refractivity contribution in [3.63, 3.8) is 0 Å². The van der Waals surface area contributed by atoms with Gasteiger partial charge in [-0.15, -0.1) is 22.7 Å². The fraction of sp³-hybridized carbons (Fsp3) is 0. The van der Waals surface area contributed by atoms with Gasteiger partial charge in [-0.25, -0.2) is 49.8 Å². The molecular weight excluding hydrogens is 1340 g/mol. The largest absolute Gasteiger partial charge is 0.452 e. The number of hydrogen-bond acceptors (Lipinski definition) is 14. The van der Waals surface area contributed by atoms with Crippen molar-refractivity contribution in [2.75, 3.05) is 0 Å². The first-order chi connectivity index (χ1) is 52.5. The minimum atomic E-state index is 0.567. The number of furan rings is 2. The maximum Gasteiger partial charge on any atom is 0.180 e. The van der Waals surface area contributed by atoms with E-state index in [1.54, 1.807) is 22.7 Å². The molecule has 21 rings (SSSR count). The van der Waals surface area contributed by atoms with Crippen molar-refractivity contribution in [3.8, 4) is 136 Å². The monoisotopic (exact) mass is 1390 g/mol. The van der Waals surface area contributed by atoms with Gasteiger partial charge < -0.3 is 8.83 Å². The zero-order valence-corrected chi connectivity index (χ0v) is 57.8. The molecule has 0 fully saturated rings. The number of thiophene rings is 2. The van der Waals surface area contributed by atoms with Crippen molar-refractivity contribution in [2.24, 2.45) is 0 Å². The highest BCUT2D eigenvalue weighted by atomic mass is 32.1. The topological polar surface area (TPSA) is 155 Å². The van der Waals surface area contributed by atoms with E-state index in [0.29, 0.717) is 69.1 Å². The van der Waals surface area contributed by atoms with Crippen molar-refractivity contribution in [2.45, 2.75) is 0 Å². The fourth-order valence-corrected chi connectivity index (χ4v) is 16.9. The summed E-state index contributed by atoms with van der Waals surface area (Å²) in [6, 6.07) is 108. The Morgan fingerprint density at radius 2 is 0.557 bits per heavy atom. The van der Waals surface area contributed by atoms with Gasteiger partial charge >= 0.3 is 0 Å². The molecule has 0 saturated heterocycles. The molecular formula is C92H52N10O2S2. The summed E-state index contributed by atoms with van der Waals surface area (Å²) in [5.41, 5.74) is 18.9. The molecule has 0 atom stereocenters. The number of nitrogens with zero attached hydrogens (tertiary/aromatic N) is 10. The van der Waals surface area contributed by atoms with Gasteiger partial charge in [0.15, 0.2) is 57.8 Å². The van der Waals surface area contributed by atoms with Gasteiger partial charge in [0.1, 0.15) is 33.6 Å². The van der Waals surface area contributed by atoms with Crippen LogP contribution in [0.4, 0.5) is 0 Å². The van der Waals surface area contributed by atoms with Crippen LogP contribution in [-0.2, 0) is 0 Å². The molecule has 21 aromatic rings. The third-order valence-electron chi connectivity index (χ3n) is 19.7. The van der Waals surface area contributed by atoms with Crippen LogP contribution in [0, 0.1) is 0 Å².